The van der Waals surface area contributed by atoms with Crippen LogP contribution in [0.2, 0.25) is 5.02 Å². The summed E-state index contributed by atoms with van der Waals surface area (Å²) in [6.07, 6.45) is 1.69. The average Bonchev–Trinajstić information content (AvgIpc) is 2.25. The Hall–Kier alpha value is -1.06. The second kappa shape index (κ2) is 4.85. The van der Waals surface area contributed by atoms with Gasteiger partial charge in [0.2, 0.25) is 5.88 Å². The van der Waals surface area contributed by atoms with Gasteiger partial charge in [-0.05, 0) is 58.7 Å². The van der Waals surface area contributed by atoms with E-state index in [2.05, 4.69) is 20.9 Å². The fourth-order valence-corrected chi connectivity index (χ4v) is 1.84. The number of hydrogen-bond donors (Lipinski definition) is 0. The summed E-state index contributed by atoms with van der Waals surface area (Å²) < 4.78 is 6.50. The second-order valence-electron chi connectivity index (χ2n) is 3.30. The molecule has 1 aromatic carbocycles. The van der Waals surface area contributed by atoms with Gasteiger partial charge in [0.15, 0.2) is 0 Å². The summed E-state index contributed by atoms with van der Waals surface area (Å²) in [4.78, 5) is 4.14. The third-order valence-corrected chi connectivity index (χ3v) is 2.91. The van der Waals surface area contributed by atoms with Crippen molar-refractivity contribution in [3.8, 4) is 11.6 Å². The summed E-state index contributed by atoms with van der Waals surface area (Å²) in [5.74, 6) is 1.30. The molecule has 0 aliphatic heterocycles. The first-order valence-corrected chi connectivity index (χ1v) is 5.88. The van der Waals surface area contributed by atoms with E-state index in [-0.39, 0.29) is 0 Å². The molecule has 0 bridgehead atoms. The molecule has 0 aliphatic carbocycles. The molecular weight excluding hydrogens is 289 g/mol. The maximum absolute atomic E-state index is 5.87. The van der Waals surface area contributed by atoms with Crippen LogP contribution < -0.4 is 4.74 Å². The molecule has 1 heterocycles. The highest BCUT2D eigenvalue weighted by Gasteiger charge is 2.05. The quantitative estimate of drug-likeness (QED) is 0.808. The van der Waals surface area contributed by atoms with E-state index in [4.69, 9.17) is 16.3 Å². The van der Waals surface area contributed by atoms with Crippen molar-refractivity contribution in [3.05, 3.63) is 51.6 Å². The lowest BCUT2D eigenvalue weighted by molar-refractivity contribution is 0.456. The fraction of sp³-hybridized carbons (Fsp3) is 0.0833. The lowest BCUT2D eigenvalue weighted by Crippen LogP contribution is -1.90. The maximum atomic E-state index is 5.87. The van der Waals surface area contributed by atoms with Crippen LogP contribution >= 0.6 is 27.5 Å². The van der Waals surface area contributed by atoms with Gasteiger partial charge in [-0.15, -0.1) is 0 Å². The molecule has 2 aromatic rings. The predicted octanol–water partition coefficient (Wildman–Crippen LogP) is 4.60. The zero-order valence-corrected chi connectivity index (χ0v) is 10.9. The van der Waals surface area contributed by atoms with E-state index < -0.39 is 0 Å². The van der Waals surface area contributed by atoms with Crippen LogP contribution in [0.1, 0.15) is 5.56 Å². The molecule has 0 saturated heterocycles. The summed E-state index contributed by atoms with van der Waals surface area (Å²) in [6.45, 7) is 1.94. The van der Waals surface area contributed by atoms with Crippen LogP contribution in [0, 0.1) is 6.92 Å². The molecule has 82 valence electrons. The number of pyridine rings is 1. The zero-order valence-electron chi connectivity index (χ0n) is 8.58. The molecule has 0 atom stereocenters. The molecular formula is C12H9BrClNO. The highest BCUT2D eigenvalue weighted by molar-refractivity contribution is 9.10. The normalized spacial score (nSPS) is 10.2. The van der Waals surface area contributed by atoms with Gasteiger partial charge in [-0.25, -0.2) is 4.98 Å². The first-order chi connectivity index (χ1) is 7.66. The minimum absolute atomic E-state index is 0.549. The van der Waals surface area contributed by atoms with E-state index in [0.717, 1.165) is 15.8 Å². The van der Waals surface area contributed by atoms with Crippen LogP contribution in [0.4, 0.5) is 0 Å². The minimum atomic E-state index is 0.549. The highest BCUT2D eigenvalue weighted by atomic mass is 79.9. The zero-order chi connectivity index (χ0) is 11.5. The third-order valence-electron chi connectivity index (χ3n) is 2.07. The molecule has 0 unspecified atom stereocenters. The van der Waals surface area contributed by atoms with Crippen molar-refractivity contribution in [2.75, 3.05) is 0 Å². The van der Waals surface area contributed by atoms with Gasteiger partial charge >= 0.3 is 0 Å². The fourth-order valence-electron chi connectivity index (χ4n) is 1.28. The number of aryl methyl sites for hydroxylation is 1. The van der Waals surface area contributed by atoms with Crippen molar-refractivity contribution in [3.63, 3.8) is 0 Å². The third kappa shape index (κ3) is 2.54. The molecule has 0 aliphatic rings. The Labute approximate surface area is 107 Å². The van der Waals surface area contributed by atoms with E-state index in [1.54, 1.807) is 12.3 Å². The molecule has 0 N–H and O–H groups in total. The summed E-state index contributed by atoms with van der Waals surface area (Å²) in [6, 6.07) is 9.20. The number of benzene rings is 1. The number of hydrogen-bond acceptors (Lipinski definition) is 2. The Morgan fingerprint density at radius 3 is 2.81 bits per heavy atom. The van der Waals surface area contributed by atoms with E-state index in [9.17, 15) is 0 Å². The first-order valence-electron chi connectivity index (χ1n) is 4.71. The van der Waals surface area contributed by atoms with Crippen LogP contribution in [-0.2, 0) is 0 Å². The lowest BCUT2D eigenvalue weighted by Gasteiger charge is -2.08. The number of nitrogens with zero attached hydrogens (tertiary/aromatic N) is 1. The molecule has 4 heteroatoms. The minimum Gasteiger partial charge on any atom is -0.438 e. The number of aromatic nitrogens is 1. The monoisotopic (exact) mass is 297 g/mol. The number of ether oxygens (including phenoxy) is 1. The van der Waals surface area contributed by atoms with Gasteiger partial charge in [0.05, 0.1) is 4.47 Å². The van der Waals surface area contributed by atoms with Gasteiger partial charge in [0.1, 0.15) is 5.75 Å². The Bertz CT molecular complexity index is 516. The predicted molar refractivity (Wildman–Crippen MR) is 68.2 cm³/mol. The molecule has 0 fully saturated rings. The van der Waals surface area contributed by atoms with Crippen molar-refractivity contribution in [1.29, 1.82) is 0 Å². The lowest BCUT2D eigenvalue weighted by atomic mass is 10.2. The van der Waals surface area contributed by atoms with Crippen LogP contribution in [-0.4, -0.2) is 4.98 Å². The summed E-state index contributed by atoms with van der Waals surface area (Å²) in [5.41, 5.74) is 0.977. The smallest absolute Gasteiger partial charge is 0.233 e. The van der Waals surface area contributed by atoms with Gasteiger partial charge in [0.25, 0.3) is 0 Å². The molecule has 0 saturated carbocycles. The van der Waals surface area contributed by atoms with Gasteiger partial charge < -0.3 is 4.74 Å². The maximum Gasteiger partial charge on any atom is 0.233 e. The van der Waals surface area contributed by atoms with E-state index in [0.29, 0.717) is 10.9 Å². The van der Waals surface area contributed by atoms with Crippen molar-refractivity contribution >= 4 is 27.5 Å². The molecule has 16 heavy (non-hydrogen) atoms. The van der Waals surface area contributed by atoms with Crippen molar-refractivity contribution in [2.45, 2.75) is 6.92 Å². The molecule has 0 amide bonds. The number of rotatable bonds is 2. The van der Waals surface area contributed by atoms with Crippen molar-refractivity contribution < 1.29 is 4.74 Å². The van der Waals surface area contributed by atoms with Gasteiger partial charge in [0, 0.05) is 11.2 Å². The Balaban J connectivity index is 2.31. The Kier molecular flexibility index (Phi) is 3.46. The highest BCUT2D eigenvalue weighted by Crippen LogP contribution is 2.30. The van der Waals surface area contributed by atoms with Gasteiger partial charge in [-0.3, -0.25) is 0 Å². The largest absolute Gasteiger partial charge is 0.438 e. The Morgan fingerprint density at radius 2 is 2.12 bits per heavy atom. The van der Waals surface area contributed by atoms with Crippen LogP contribution in [0.15, 0.2) is 41.0 Å². The Morgan fingerprint density at radius 1 is 1.31 bits per heavy atom. The average molecular weight is 299 g/mol. The van der Waals surface area contributed by atoms with Crippen molar-refractivity contribution in [2.24, 2.45) is 0 Å². The molecule has 1 aromatic heterocycles. The summed E-state index contributed by atoms with van der Waals surface area (Å²) >= 11 is 9.25. The second-order valence-corrected chi connectivity index (χ2v) is 4.59. The molecule has 0 spiro atoms. The standard InChI is InChI=1S/C12H9BrClNO/c1-8-7-9(14)4-5-11(8)16-12-10(13)3-2-6-15-12/h2-7H,1H3. The van der Waals surface area contributed by atoms with E-state index >= 15 is 0 Å². The number of halogens is 2. The topological polar surface area (TPSA) is 22.1 Å². The van der Waals surface area contributed by atoms with E-state index in [1.165, 1.54) is 0 Å². The molecule has 0 radical (unpaired) electrons. The van der Waals surface area contributed by atoms with Gasteiger partial charge in [-0.1, -0.05) is 11.6 Å². The van der Waals surface area contributed by atoms with Crippen LogP contribution in [0.5, 0.6) is 11.6 Å². The molecule has 2 nitrogen and oxygen atoms in total. The van der Waals surface area contributed by atoms with E-state index in [1.807, 2.05) is 31.2 Å². The van der Waals surface area contributed by atoms with Gasteiger partial charge in [-0.2, -0.15) is 0 Å². The summed E-state index contributed by atoms with van der Waals surface area (Å²) in [5, 5.41) is 0.699. The van der Waals surface area contributed by atoms with Crippen LogP contribution in [0.25, 0.3) is 0 Å². The van der Waals surface area contributed by atoms with Crippen molar-refractivity contribution in [1.82, 2.24) is 4.98 Å². The SMILES string of the molecule is Cc1cc(Cl)ccc1Oc1ncccc1Br. The summed E-state index contributed by atoms with van der Waals surface area (Å²) in [7, 11) is 0. The van der Waals surface area contributed by atoms with Crippen LogP contribution in [0.3, 0.4) is 0 Å². The molecule has 2 rings (SSSR count). The first kappa shape index (κ1) is 11.4.